The van der Waals surface area contributed by atoms with Crippen molar-refractivity contribution in [1.29, 1.82) is 0 Å². The van der Waals surface area contributed by atoms with Gasteiger partial charge in [-0.05, 0) is 54.3 Å². The second kappa shape index (κ2) is 13.5. The minimum atomic E-state index is -0.240. The van der Waals surface area contributed by atoms with Gasteiger partial charge in [-0.25, -0.2) is 4.98 Å². The molecule has 1 heterocycles. The third kappa shape index (κ3) is 6.81. The fraction of sp³-hybridized carbons (Fsp3) is 0.281. The van der Waals surface area contributed by atoms with Crippen LogP contribution in [0.3, 0.4) is 0 Å². The van der Waals surface area contributed by atoms with E-state index in [4.69, 9.17) is 9.47 Å². The van der Waals surface area contributed by atoms with E-state index in [0.29, 0.717) is 37.4 Å². The first-order valence-electron chi connectivity index (χ1n) is 13.5. The van der Waals surface area contributed by atoms with Gasteiger partial charge in [0.05, 0.1) is 19.5 Å². The molecule has 8 heteroatoms. The molecular formula is C32H33N3O4S. The molecule has 1 aliphatic rings. The Morgan fingerprint density at radius 2 is 1.98 bits per heavy atom. The van der Waals surface area contributed by atoms with Gasteiger partial charge in [-0.1, -0.05) is 36.4 Å². The quantitative estimate of drug-likeness (QED) is 0.173. The fourth-order valence-corrected chi connectivity index (χ4v) is 5.93. The van der Waals surface area contributed by atoms with Gasteiger partial charge in [0.2, 0.25) is 0 Å². The fourth-order valence-electron chi connectivity index (χ4n) is 4.92. The number of hydrogen-bond donors (Lipinski definition) is 1. The molecule has 1 aliphatic carbocycles. The summed E-state index contributed by atoms with van der Waals surface area (Å²) in [5.41, 5.74) is 4.58. The zero-order valence-corrected chi connectivity index (χ0v) is 23.4. The molecule has 1 atom stereocenters. The van der Waals surface area contributed by atoms with Gasteiger partial charge < -0.3 is 19.4 Å². The average molecular weight is 556 g/mol. The Kier molecular flexibility index (Phi) is 9.31. The molecule has 4 aromatic rings. The van der Waals surface area contributed by atoms with Gasteiger partial charge in [-0.15, -0.1) is 11.8 Å². The first-order valence-corrected chi connectivity index (χ1v) is 14.5. The van der Waals surface area contributed by atoms with E-state index >= 15 is 0 Å². The number of hydrogen-bond acceptors (Lipinski definition) is 6. The van der Waals surface area contributed by atoms with E-state index in [1.165, 1.54) is 0 Å². The molecule has 0 spiro atoms. The number of aromatic nitrogens is 2. The maximum Gasteiger partial charge on any atom is 0.251 e. The predicted molar refractivity (Wildman–Crippen MR) is 156 cm³/mol. The van der Waals surface area contributed by atoms with Crippen LogP contribution in [0, 0.1) is 0 Å². The molecule has 1 aromatic heterocycles. The van der Waals surface area contributed by atoms with Crippen LogP contribution in [0.2, 0.25) is 0 Å². The molecule has 0 radical (unpaired) electrons. The number of methoxy groups -OCH3 is 1. The Bertz CT molecular complexity index is 1440. The van der Waals surface area contributed by atoms with Gasteiger partial charge in [-0.2, -0.15) is 0 Å². The van der Waals surface area contributed by atoms with E-state index in [1.807, 2.05) is 65.4 Å². The van der Waals surface area contributed by atoms with Crippen LogP contribution < -0.4 is 10.1 Å². The standard InChI is InChI=1S/C32H33N3O4S/c1-38-18-16-34-32(37)24-9-5-10-25(19-24)40-21-28-26-11-6-12-29(36)27(26)13-14-30(28)39-31(20-35-17-15-33-22-35)23-7-3-2-4-8-23/h2-5,7-10,13-15,17,19,22,31H,6,11-12,16,18,20-21H2,1H3,(H,34,37). The summed E-state index contributed by atoms with van der Waals surface area (Å²) in [6, 6.07) is 21.6. The topological polar surface area (TPSA) is 82.4 Å². The number of ether oxygens (including phenoxy) is 2. The number of carbonyl (C=O) groups is 2. The summed E-state index contributed by atoms with van der Waals surface area (Å²) in [5.74, 6) is 1.46. The zero-order valence-electron chi connectivity index (χ0n) is 22.5. The Morgan fingerprint density at radius 3 is 2.77 bits per heavy atom. The van der Waals surface area contributed by atoms with Crippen molar-refractivity contribution in [2.75, 3.05) is 20.3 Å². The number of nitrogens with one attached hydrogen (secondary N) is 1. The van der Waals surface area contributed by atoms with Gasteiger partial charge in [0.15, 0.2) is 5.78 Å². The van der Waals surface area contributed by atoms with Crippen LogP contribution in [0.25, 0.3) is 0 Å². The number of amides is 1. The van der Waals surface area contributed by atoms with Crippen molar-refractivity contribution in [3.63, 3.8) is 0 Å². The Hall–Kier alpha value is -3.88. The Morgan fingerprint density at radius 1 is 1.10 bits per heavy atom. The van der Waals surface area contributed by atoms with Crippen LogP contribution in [-0.4, -0.2) is 41.5 Å². The average Bonchev–Trinajstić information content (AvgIpc) is 3.50. The van der Waals surface area contributed by atoms with Gasteiger partial charge in [0, 0.05) is 59.8 Å². The van der Waals surface area contributed by atoms with Crippen LogP contribution in [0.15, 0.2) is 90.3 Å². The van der Waals surface area contributed by atoms with Gasteiger partial charge in [-0.3, -0.25) is 9.59 Å². The molecule has 0 fully saturated rings. The highest BCUT2D eigenvalue weighted by atomic mass is 32.2. The summed E-state index contributed by atoms with van der Waals surface area (Å²) < 4.78 is 13.8. The van der Waals surface area contributed by atoms with Crippen molar-refractivity contribution < 1.29 is 19.1 Å². The first-order chi connectivity index (χ1) is 19.6. The minimum absolute atomic E-state index is 0.128. The predicted octanol–water partition coefficient (Wildman–Crippen LogP) is 5.89. The summed E-state index contributed by atoms with van der Waals surface area (Å²) in [7, 11) is 1.61. The van der Waals surface area contributed by atoms with Gasteiger partial charge >= 0.3 is 0 Å². The number of fused-ring (bicyclic) bond motifs is 1. The highest BCUT2D eigenvalue weighted by Gasteiger charge is 2.25. The number of rotatable bonds is 12. The van der Waals surface area contributed by atoms with Crippen molar-refractivity contribution in [3.05, 3.63) is 113 Å². The summed E-state index contributed by atoms with van der Waals surface area (Å²) in [4.78, 5) is 30.5. The molecule has 206 valence electrons. The molecule has 40 heavy (non-hydrogen) atoms. The van der Waals surface area contributed by atoms with Crippen molar-refractivity contribution in [2.45, 2.75) is 42.6 Å². The van der Waals surface area contributed by atoms with Crippen LogP contribution in [0.1, 0.15) is 56.4 Å². The lowest BCUT2D eigenvalue weighted by molar-refractivity contribution is 0.0935. The molecular weight excluding hydrogens is 522 g/mol. The molecule has 1 amide bonds. The molecule has 1 unspecified atom stereocenters. The molecule has 7 nitrogen and oxygen atoms in total. The van der Waals surface area contributed by atoms with E-state index in [0.717, 1.165) is 45.7 Å². The van der Waals surface area contributed by atoms with E-state index in [-0.39, 0.29) is 17.8 Å². The van der Waals surface area contributed by atoms with E-state index in [2.05, 4.69) is 22.4 Å². The summed E-state index contributed by atoms with van der Waals surface area (Å²) in [6.07, 6.45) is 7.50. The normalized spacial score (nSPS) is 13.5. The number of imidazole rings is 1. The van der Waals surface area contributed by atoms with Crippen molar-refractivity contribution >= 4 is 23.5 Å². The Balaban J connectivity index is 1.42. The smallest absolute Gasteiger partial charge is 0.251 e. The zero-order chi connectivity index (χ0) is 27.7. The molecule has 3 aromatic carbocycles. The number of thioether (sulfide) groups is 1. The molecule has 5 rings (SSSR count). The highest BCUT2D eigenvalue weighted by molar-refractivity contribution is 7.98. The lowest BCUT2D eigenvalue weighted by Gasteiger charge is -2.25. The van der Waals surface area contributed by atoms with Crippen molar-refractivity contribution in [3.8, 4) is 5.75 Å². The molecule has 1 N–H and O–H groups in total. The van der Waals surface area contributed by atoms with Crippen LogP contribution in [-0.2, 0) is 23.5 Å². The second-order valence-corrected chi connectivity index (χ2v) is 10.7. The summed E-state index contributed by atoms with van der Waals surface area (Å²) >= 11 is 1.64. The lowest BCUT2D eigenvalue weighted by atomic mass is 9.87. The highest BCUT2D eigenvalue weighted by Crippen LogP contribution is 2.38. The SMILES string of the molecule is COCCNC(=O)c1cccc(SCc2c(OC(Cn3ccnc3)c3ccccc3)ccc3c2CCCC3=O)c1. The largest absolute Gasteiger partial charge is 0.484 e. The number of Topliss-reactive ketones (excluding diaryl/α,β-unsaturated/α-hetero) is 1. The monoisotopic (exact) mass is 555 g/mol. The van der Waals surface area contributed by atoms with Crippen LogP contribution in [0.5, 0.6) is 5.75 Å². The molecule has 0 saturated heterocycles. The van der Waals surface area contributed by atoms with Crippen molar-refractivity contribution in [2.24, 2.45) is 0 Å². The maximum atomic E-state index is 12.8. The first kappa shape index (κ1) is 27.7. The Labute approximate surface area is 238 Å². The third-order valence-electron chi connectivity index (χ3n) is 6.97. The molecule has 0 bridgehead atoms. The summed E-state index contributed by atoms with van der Waals surface area (Å²) in [6.45, 7) is 1.53. The van der Waals surface area contributed by atoms with Crippen LogP contribution in [0.4, 0.5) is 0 Å². The van der Waals surface area contributed by atoms with Crippen molar-refractivity contribution in [1.82, 2.24) is 14.9 Å². The number of benzene rings is 3. The lowest BCUT2D eigenvalue weighted by Crippen LogP contribution is -2.26. The maximum absolute atomic E-state index is 12.8. The molecule has 0 aliphatic heterocycles. The number of nitrogens with zero attached hydrogens (tertiary/aromatic N) is 2. The van der Waals surface area contributed by atoms with Gasteiger partial charge in [0.1, 0.15) is 11.9 Å². The van der Waals surface area contributed by atoms with E-state index < -0.39 is 0 Å². The number of ketones is 1. The van der Waals surface area contributed by atoms with E-state index in [9.17, 15) is 9.59 Å². The molecule has 0 saturated carbocycles. The third-order valence-corrected chi connectivity index (χ3v) is 7.99. The van der Waals surface area contributed by atoms with Crippen LogP contribution >= 0.6 is 11.8 Å². The second-order valence-electron chi connectivity index (χ2n) is 9.69. The van der Waals surface area contributed by atoms with Gasteiger partial charge in [0.25, 0.3) is 5.91 Å². The van der Waals surface area contributed by atoms with E-state index in [1.54, 1.807) is 31.4 Å². The minimum Gasteiger partial charge on any atom is -0.484 e. The summed E-state index contributed by atoms with van der Waals surface area (Å²) in [5, 5.41) is 2.87. The number of carbonyl (C=O) groups excluding carboxylic acids is 2.